The lowest BCUT2D eigenvalue weighted by Gasteiger charge is -2.14. The van der Waals surface area contributed by atoms with Gasteiger partial charge in [-0.2, -0.15) is 13.2 Å². The van der Waals surface area contributed by atoms with Gasteiger partial charge in [0.2, 0.25) is 0 Å². The molecule has 0 unspecified atom stereocenters. The lowest BCUT2D eigenvalue weighted by Crippen LogP contribution is -2.19. The summed E-state index contributed by atoms with van der Waals surface area (Å²) in [6.07, 6.45) is -3.05. The van der Waals surface area contributed by atoms with Gasteiger partial charge in [-0.15, -0.1) is 0 Å². The molecule has 0 radical (unpaired) electrons. The Bertz CT molecular complexity index is 931. The van der Waals surface area contributed by atoms with Gasteiger partial charge in [-0.3, -0.25) is 4.98 Å². The molecule has 0 aliphatic carbocycles. The molecule has 0 saturated heterocycles. The zero-order valence-corrected chi connectivity index (χ0v) is 15.3. The van der Waals surface area contributed by atoms with E-state index in [1.165, 1.54) is 31.1 Å². The third-order valence-electron chi connectivity index (χ3n) is 3.55. The third kappa shape index (κ3) is 4.76. The Morgan fingerprint density at radius 1 is 1.15 bits per heavy atom. The first-order chi connectivity index (χ1) is 12.9. The van der Waals surface area contributed by atoms with Gasteiger partial charge in [-0.1, -0.05) is 11.8 Å². The number of alkyl halides is 3. The number of nitrogens with one attached hydrogen (secondary N) is 1. The van der Waals surface area contributed by atoms with Gasteiger partial charge in [0.1, 0.15) is 5.75 Å². The predicted octanol–water partition coefficient (Wildman–Crippen LogP) is 4.21. The maximum atomic E-state index is 12.4. The molecule has 0 spiro atoms. The number of benzene rings is 1. The number of fused-ring (bicyclic) bond motifs is 1. The van der Waals surface area contributed by atoms with Crippen LogP contribution in [0.1, 0.15) is 5.69 Å². The fourth-order valence-electron chi connectivity index (χ4n) is 2.36. The van der Waals surface area contributed by atoms with E-state index in [0.717, 1.165) is 11.0 Å². The molecule has 0 atom stereocenters. The molecule has 27 heavy (non-hydrogen) atoms. The van der Waals surface area contributed by atoms with Crippen molar-refractivity contribution in [2.24, 2.45) is 0 Å². The van der Waals surface area contributed by atoms with Crippen LogP contribution < -0.4 is 14.2 Å². The molecule has 0 fully saturated rings. The Kier molecular flexibility index (Phi) is 5.64. The minimum Gasteiger partial charge on any atom is -0.497 e. The van der Waals surface area contributed by atoms with Crippen molar-refractivity contribution in [1.82, 2.24) is 15.0 Å². The molecule has 3 aromatic rings. The largest absolute Gasteiger partial charge is 0.497 e. The van der Waals surface area contributed by atoms with Crippen molar-refractivity contribution in [1.29, 1.82) is 0 Å². The Morgan fingerprint density at radius 2 is 1.96 bits per heavy atom. The summed E-state index contributed by atoms with van der Waals surface area (Å²) in [5.74, 6) is 1.21. The van der Waals surface area contributed by atoms with E-state index in [0.29, 0.717) is 22.4 Å². The van der Waals surface area contributed by atoms with Gasteiger partial charge >= 0.3 is 6.18 Å². The van der Waals surface area contributed by atoms with Gasteiger partial charge in [0.15, 0.2) is 23.3 Å². The number of hydrogen-bond acceptors (Lipinski definition) is 6. The van der Waals surface area contributed by atoms with Gasteiger partial charge in [0, 0.05) is 24.1 Å². The summed E-state index contributed by atoms with van der Waals surface area (Å²) in [6.45, 7) is -1.40. The number of H-pyrrole nitrogens is 1. The quantitative estimate of drug-likeness (QED) is 0.601. The van der Waals surface area contributed by atoms with E-state index in [1.54, 1.807) is 7.11 Å². The summed E-state index contributed by atoms with van der Waals surface area (Å²) < 4.78 is 52.4. The van der Waals surface area contributed by atoms with Crippen LogP contribution in [-0.2, 0) is 5.75 Å². The van der Waals surface area contributed by atoms with Crippen LogP contribution in [0.2, 0.25) is 0 Å². The molecular weight excluding hydrogens is 383 g/mol. The zero-order chi connectivity index (χ0) is 19.4. The van der Waals surface area contributed by atoms with E-state index >= 15 is 0 Å². The first-order valence-corrected chi connectivity index (χ1v) is 8.76. The second-order valence-corrected chi connectivity index (χ2v) is 6.37. The Labute approximate surface area is 157 Å². The number of methoxy groups -OCH3 is 2. The average Bonchev–Trinajstić information content (AvgIpc) is 3.05. The number of aromatic nitrogens is 3. The third-order valence-corrected chi connectivity index (χ3v) is 4.44. The number of nitrogens with zero attached hydrogens (tertiary/aromatic N) is 2. The first-order valence-electron chi connectivity index (χ1n) is 7.77. The highest BCUT2D eigenvalue weighted by Crippen LogP contribution is 2.34. The summed E-state index contributed by atoms with van der Waals surface area (Å²) in [4.78, 5) is 11.8. The number of rotatable bonds is 7. The van der Waals surface area contributed by atoms with Gasteiger partial charge in [0.25, 0.3) is 0 Å². The monoisotopic (exact) mass is 399 g/mol. The van der Waals surface area contributed by atoms with Crippen LogP contribution in [0.3, 0.4) is 0 Å². The van der Waals surface area contributed by atoms with Crippen LogP contribution in [0.25, 0.3) is 11.0 Å². The van der Waals surface area contributed by atoms with Gasteiger partial charge in [-0.25, -0.2) is 4.98 Å². The smallest absolute Gasteiger partial charge is 0.422 e. The first kappa shape index (κ1) is 19.2. The van der Waals surface area contributed by atoms with Crippen LogP contribution in [0, 0.1) is 0 Å². The van der Waals surface area contributed by atoms with Crippen molar-refractivity contribution >= 4 is 22.8 Å². The minimum absolute atomic E-state index is 0.00485. The highest BCUT2D eigenvalue weighted by atomic mass is 32.2. The van der Waals surface area contributed by atoms with Crippen LogP contribution >= 0.6 is 11.8 Å². The van der Waals surface area contributed by atoms with E-state index in [1.807, 2.05) is 18.2 Å². The molecule has 1 aromatic carbocycles. The van der Waals surface area contributed by atoms with Crippen molar-refractivity contribution in [3.8, 4) is 17.2 Å². The lowest BCUT2D eigenvalue weighted by molar-refractivity contribution is -0.153. The molecule has 0 bridgehead atoms. The van der Waals surface area contributed by atoms with Crippen LogP contribution in [0.5, 0.6) is 17.2 Å². The SMILES string of the molecule is COc1ccc2nc(SCc3nccc(OCC(F)(F)F)c3OC)[nH]c2c1. The number of thioether (sulfide) groups is 1. The molecule has 1 N–H and O–H groups in total. The van der Waals surface area contributed by atoms with Crippen LogP contribution in [0.4, 0.5) is 13.2 Å². The van der Waals surface area contributed by atoms with E-state index in [-0.39, 0.29) is 11.5 Å². The summed E-state index contributed by atoms with van der Waals surface area (Å²) in [5.41, 5.74) is 2.06. The molecule has 6 nitrogen and oxygen atoms in total. The number of hydrogen-bond donors (Lipinski definition) is 1. The summed E-state index contributed by atoms with van der Waals surface area (Å²) in [7, 11) is 2.94. The molecule has 0 aliphatic rings. The second kappa shape index (κ2) is 7.95. The number of aromatic amines is 1. The van der Waals surface area contributed by atoms with Crippen molar-refractivity contribution in [2.75, 3.05) is 20.8 Å². The van der Waals surface area contributed by atoms with E-state index in [2.05, 4.69) is 15.0 Å². The number of ether oxygens (including phenoxy) is 3. The number of halogens is 3. The Balaban J connectivity index is 1.75. The predicted molar refractivity (Wildman–Crippen MR) is 94.5 cm³/mol. The van der Waals surface area contributed by atoms with Crippen LogP contribution in [-0.4, -0.2) is 42.0 Å². The molecule has 144 valence electrons. The maximum Gasteiger partial charge on any atom is 0.422 e. The van der Waals surface area contributed by atoms with Gasteiger partial charge in [0.05, 0.1) is 30.9 Å². The highest BCUT2D eigenvalue weighted by Gasteiger charge is 2.29. The molecule has 2 aromatic heterocycles. The topological polar surface area (TPSA) is 69.3 Å². The standard InChI is InChI=1S/C17H16F3N3O3S/c1-24-10-3-4-11-12(7-10)23-16(22-11)27-8-13-15(25-2)14(5-6-21-13)26-9-17(18,19)20/h3-7H,8-9H2,1-2H3,(H,22,23). The normalized spacial score (nSPS) is 11.6. The van der Waals surface area contributed by atoms with E-state index in [9.17, 15) is 13.2 Å². The van der Waals surface area contributed by atoms with Crippen LogP contribution in [0.15, 0.2) is 35.6 Å². The molecule has 3 rings (SSSR count). The van der Waals surface area contributed by atoms with E-state index < -0.39 is 12.8 Å². The van der Waals surface area contributed by atoms with Crippen molar-refractivity contribution in [3.63, 3.8) is 0 Å². The molecule has 0 amide bonds. The van der Waals surface area contributed by atoms with Gasteiger partial charge in [-0.05, 0) is 12.1 Å². The van der Waals surface area contributed by atoms with Crippen molar-refractivity contribution in [2.45, 2.75) is 17.1 Å². The lowest BCUT2D eigenvalue weighted by atomic mass is 10.3. The minimum atomic E-state index is -4.43. The fraction of sp³-hybridized carbons (Fsp3) is 0.294. The molecular formula is C17H16F3N3O3S. The Morgan fingerprint density at radius 3 is 2.67 bits per heavy atom. The fourth-order valence-corrected chi connectivity index (χ4v) is 3.19. The Hall–Kier alpha value is -2.62. The van der Waals surface area contributed by atoms with Gasteiger partial charge < -0.3 is 19.2 Å². The molecule has 0 aliphatic heterocycles. The summed E-state index contributed by atoms with van der Waals surface area (Å²) >= 11 is 1.35. The summed E-state index contributed by atoms with van der Waals surface area (Å²) in [5, 5.41) is 0.642. The zero-order valence-electron chi connectivity index (χ0n) is 14.5. The summed E-state index contributed by atoms with van der Waals surface area (Å²) in [6, 6.07) is 6.81. The number of pyridine rings is 1. The maximum absolute atomic E-state index is 12.4. The van der Waals surface area contributed by atoms with Crippen molar-refractivity contribution < 1.29 is 27.4 Å². The molecule has 0 saturated carbocycles. The van der Waals surface area contributed by atoms with Crippen molar-refractivity contribution in [3.05, 3.63) is 36.2 Å². The number of imidazole rings is 1. The highest BCUT2D eigenvalue weighted by molar-refractivity contribution is 7.98. The van der Waals surface area contributed by atoms with E-state index in [4.69, 9.17) is 14.2 Å². The molecule has 2 heterocycles. The average molecular weight is 399 g/mol. The second-order valence-electron chi connectivity index (χ2n) is 5.41. The molecule has 10 heteroatoms.